The summed E-state index contributed by atoms with van der Waals surface area (Å²) in [7, 11) is 0. The quantitative estimate of drug-likeness (QED) is 0.434. The van der Waals surface area contributed by atoms with Crippen molar-refractivity contribution in [3.05, 3.63) is 82.3 Å². The SMILES string of the molecule is C[C@@H]1CN(CC(=O)N2CC(C)(C)C(=N)/C2=C\C(=N)Cc2ccc(F)cc2F)[C@@H](CN2Cc3ccc(F)cc3C2=O)CN1. The average Bonchev–Trinajstić information content (AvgIpc) is 3.34. The van der Waals surface area contributed by atoms with Crippen molar-refractivity contribution in [1.29, 1.82) is 10.8 Å². The number of carbonyl (C=O) groups excluding carboxylic acids is 2. The fourth-order valence-electron chi connectivity index (χ4n) is 5.90. The van der Waals surface area contributed by atoms with Crippen LogP contribution < -0.4 is 5.32 Å². The Morgan fingerprint density at radius 3 is 2.60 bits per heavy atom. The molecule has 0 saturated carbocycles. The summed E-state index contributed by atoms with van der Waals surface area (Å²) in [6.45, 7) is 7.89. The third kappa shape index (κ3) is 6.03. The summed E-state index contributed by atoms with van der Waals surface area (Å²) >= 11 is 0. The van der Waals surface area contributed by atoms with Crippen molar-refractivity contribution in [3.63, 3.8) is 0 Å². The highest BCUT2D eigenvalue weighted by atomic mass is 19.1. The average molecular weight is 581 g/mol. The molecule has 3 heterocycles. The number of nitrogens with zero attached hydrogens (tertiary/aromatic N) is 3. The summed E-state index contributed by atoms with van der Waals surface area (Å²) in [5.41, 5.74) is 1.14. The Morgan fingerprint density at radius 2 is 1.86 bits per heavy atom. The minimum absolute atomic E-state index is 0.00650. The van der Waals surface area contributed by atoms with Crippen molar-refractivity contribution in [2.45, 2.75) is 45.8 Å². The van der Waals surface area contributed by atoms with Gasteiger partial charge in [0, 0.05) is 74.0 Å². The molecular formula is C31H35F3N6O2. The first-order valence-electron chi connectivity index (χ1n) is 14.0. The maximum absolute atomic E-state index is 14.2. The van der Waals surface area contributed by atoms with Crippen LogP contribution >= 0.6 is 0 Å². The molecule has 42 heavy (non-hydrogen) atoms. The van der Waals surface area contributed by atoms with E-state index < -0.39 is 22.9 Å². The predicted molar refractivity (Wildman–Crippen MR) is 153 cm³/mol. The minimum atomic E-state index is -0.753. The molecule has 0 bridgehead atoms. The monoisotopic (exact) mass is 580 g/mol. The number of nitrogens with one attached hydrogen (secondary N) is 3. The lowest BCUT2D eigenvalue weighted by Crippen LogP contribution is -2.60. The summed E-state index contributed by atoms with van der Waals surface area (Å²) in [4.78, 5) is 32.0. The van der Waals surface area contributed by atoms with Crippen LogP contribution in [0.1, 0.15) is 42.3 Å². The van der Waals surface area contributed by atoms with Crippen LogP contribution in [0.4, 0.5) is 13.2 Å². The lowest BCUT2D eigenvalue weighted by atomic mass is 9.89. The molecule has 0 radical (unpaired) electrons. The molecule has 2 aromatic carbocycles. The number of hydrogen-bond acceptors (Lipinski definition) is 6. The van der Waals surface area contributed by atoms with Gasteiger partial charge in [0.1, 0.15) is 17.5 Å². The Kier molecular flexibility index (Phi) is 8.08. The smallest absolute Gasteiger partial charge is 0.254 e. The molecule has 3 aliphatic rings. The minimum Gasteiger partial charge on any atom is -0.333 e. The van der Waals surface area contributed by atoms with Crippen molar-refractivity contribution in [2.24, 2.45) is 5.41 Å². The second kappa shape index (κ2) is 11.4. The van der Waals surface area contributed by atoms with Crippen LogP contribution in [-0.4, -0.2) is 82.7 Å². The highest BCUT2D eigenvalue weighted by Gasteiger charge is 2.43. The molecule has 0 unspecified atom stereocenters. The number of fused-ring (bicyclic) bond motifs is 1. The molecule has 8 nitrogen and oxygen atoms in total. The van der Waals surface area contributed by atoms with Gasteiger partial charge in [-0.3, -0.25) is 14.5 Å². The number of hydrogen-bond donors (Lipinski definition) is 3. The maximum atomic E-state index is 14.2. The zero-order chi connectivity index (χ0) is 30.3. The van der Waals surface area contributed by atoms with Crippen molar-refractivity contribution >= 4 is 23.2 Å². The van der Waals surface area contributed by atoms with E-state index in [-0.39, 0.29) is 60.4 Å². The molecule has 2 aromatic rings. The van der Waals surface area contributed by atoms with Gasteiger partial charge in [-0.1, -0.05) is 26.0 Å². The van der Waals surface area contributed by atoms with Gasteiger partial charge in [0.25, 0.3) is 5.91 Å². The van der Waals surface area contributed by atoms with Crippen LogP contribution in [0.3, 0.4) is 0 Å². The summed E-state index contributed by atoms with van der Waals surface area (Å²) < 4.78 is 41.3. The lowest BCUT2D eigenvalue weighted by molar-refractivity contribution is -0.131. The molecule has 5 rings (SSSR count). The van der Waals surface area contributed by atoms with E-state index in [9.17, 15) is 22.8 Å². The van der Waals surface area contributed by atoms with E-state index in [2.05, 4.69) is 5.32 Å². The van der Waals surface area contributed by atoms with Crippen molar-refractivity contribution < 1.29 is 22.8 Å². The van der Waals surface area contributed by atoms with Crippen molar-refractivity contribution in [3.8, 4) is 0 Å². The summed E-state index contributed by atoms with van der Waals surface area (Å²) in [5, 5.41) is 20.6. The molecule has 2 fully saturated rings. The number of halogens is 3. The lowest BCUT2D eigenvalue weighted by Gasteiger charge is -2.41. The molecule has 2 amide bonds. The normalized spacial score (nSPS) is 23.1. The van der Waals surface area contributed by atoms with E-state index >= 15 is 0 Å². The topological polar surface area (TPSA) is 104 Å². The molecule has 11 heteroatoms. The Morgan fingerprint density at radius 1 is 1.14 bits per heavy atom. The van der Waals surface area contributed by atoms with Gasteiger partial charge in [0.15, 0.2) is 0 Å². The number of rotatable bonds is 7. The molecular weight excluding hydrogens is 545 g/mol. The third-order valence-electron chi connectivity index (χ3n) is 8.23. The van der Waals surface area contributed by atoms with Gasteiger partial charge in [-0.2, -0.15) is 0 Å². The highest BCUT2D eigenvalue weighted by Crippen LogP contribution is 2.34. The van der Waals surface area contributed by atoms with E-state index in [1.54, 1.807) is 11.0 Å². The zero-order valence-electron chi connectivity index (χ0n) is 23.9. The molecule has 222 valence electrons. The van der Waals surface area contributed by atoms with Crippen LogP contribution in [0.2, 0.25) is 0 Å². The van der Waals surface area contributed by atoms with Gasteiger partial charge in [-0.15, -0.1) is 0 Å². The van der Waals surface area contributed by atoms with Gasteiger partial charge in [0.2, 0.25) is 5.91 Å². The van der Waals surface area contributed by atoms with Crippen LogP contribution in [0.15, 0.2) is 48.2 Å². The first kappa shape index (κ1) is 29.7. The van der Waals surface area contributed by atoms with Gasteiger partial charge in [0.05, 0.1) is 18.0 Å². The third-order valence-corrected chi connectivity index (χ3v) is 8.23. The predicted octanol–water partition coefficient (Wildman–Crippen LogP) is 3.76. The standard InChI is InChI=1S/C31H35F3N6O2/c1-18-13-38(24(12-37-18)15-39-14-20-5-7-21(32)9-25(20)30(39)42)16-28(41)40-17-31(2,3)29(36)27(40)11-23(35)8-19-4-6-22(33)10-26(19)34/h4-7,9-11,18,24,35-37H,8,12-17H2,1-3H3/b27-11+,35-23?,36-29?/t18-,24-/m1/s1. The first-order valence-corrected chi connectivity index (χ1v) is 14.0. The second-order valence-corrected chi connectivity index (χ2v) is 12.1. The van der Waals surface area contributed by atoms with Crippen LogP contribution in [0.5, 0.6) is 0 Å². The summed E-state index contributed by atoms with van der Waals surface area (Å²) in [6, 6.07) is 7.37. The largest absolute Gasteiger partial charge is 0.333 e. The van der Waals surface area contributed by atoms with E-state index in [4.69, 9.17) is 10.8 Å². The summed E-state index contributed by atoms with van der Waals surface area (Å²) in [5.74, 6) is -2.38. The van der Waals surface area contributed by atoms with E-state index in [1.165, 1.54) is 29.2 Å². The molecule has 3 aliphatic heterocycles. The second-order valence-electron chi connectivity index (χ2n) is 12.1. The highest BCUT2D eigenvalue weighted by molar-refractivity contribution is 6.12. The van der Waals surface area contributed by atoms with E-state index in [1.807, 2.05) is 25.7 Å². The zero-order valence-corrected chi connectivity index (χ0v) is 23.9. The number of amides is 2. The number of piperazine rings is 1. The van der Waals surface area contributed by atoms with Gasteiger partial charge >= 0.3 is 0 Å². The Hall–Kier alpha value is -3.83. The van der Waals surface area contributed by atoms with Gasteiger partial charge < -0.3 is 25.9 Å². The number of allylic oxidation sites excluding steroid dienone is 2. The van der Waals surface area contributed by atoms with Gasteiger partial charge in [-0.05, 0) is 42.3 Å². The maximum Gasteiger partial charge on any atom is 0.254 e. The Bertz CT molecular complexity index is 1490. The molecule has 3 N–H and O–H groups in total. The van der Waals surface area contributed by atoms with Crippen LogP contribution in [0, 0.1) is 33.7 Å². The molecule has 0 spiro atoms. The molecule has 0 aromatic heterocycles. The van der Waals surface area contributed by atoms with Crippen molar-refractivity contribution in [1.82, 2.24) is 20.0 Å². The number of likely N-dealkylation sites (tertiary alicyclic amines) is 1. The van der Waals surface area contributed by atoms with Gasteiger partial charge in [-0.25, -0.2) is 13.2 Å². The van der Waals surface area contributed by atoms with Crippen LogP contribution in [0.25, 0.3) is 0 Å². The van der Waals surface area contributed by atoms with Crippen molar-refractivity contribution in [2.75, 3.05) is 32.7 Å². The van der Waals surface area contributed by atoms with E-state index in [0.29, 0.717) is 37.4 Å². The van der Waals surface area contributed by atoms with E-state index in [0.717, 1.165) is 17.7 Å². The fraction of sp³-hybridized carbons (Fsp3) is 0.419. The summed E-state index contributed by atoms with van der Waals surface area (Å²) in [6.07, 6.45) is 1.31. The number of carbonyl (C=O) groups is 2. The Balaban J connectivity index is 1.31. The number of benzene rings is 2. The molecule has 2 atom stereocenters. The Labute approximate surface area is 243 Å². The first-order chi connectivity index (χ1) is 19.8. The molecule has 2 saturated heterocycles. The fourth-order valence-corrected chi connectivity index (χ4v) is 5.90. The van der Waals surface area contributed by atoms with Crippen LogP contribution in [-0.2, 0) is 17.8 Å². The molecule has 0 aliphatic carbocycles.